The van der Waals surface area contributed by atoms with Gasteiger partial charge in [0.2, 0.25) is 0 Å². The molecule has 1 aromatic heterocycles. The van der Waals surface area contributed by atoms with Gasteiger partial charge in [0.15, 0.2) is 0 Å². The monoisotopic (exact) mass is 533 g/mol. The van der Waals surface area contributed by atoms with Gasteiger partial charge in [0.05, 0.1) is 41.3 Å². The lowest BCUT2D eigenvalue weighted by Crippen LogP contribution is -2.50. The van der Waals surface area contributed by atoms with Gasteiger partial charge in [0.25, 0.3) is 11.5 Å². The van der Waals surface area contributed by atoms with E-state index in [0.29, 0.717) is 5.56 Å². The number of halogens is 5. The van der Waals surface area contributed by atoms with Crippen LogP contribution in [0.5, 0.6) is 0 Å². The summed E-state index contributed by atoms with van der Waals surface area (Å²) in [5, 5.41) is 14.7. The maximum absolute atomic E-state index is 13.6. The molecule has 1 aliphatic heterocycles. The summed E-state index contributed by atoms with van der Waals surface area (Å²) in [5.41, 5.74) is -2.01. The summed E-state index contributed by atoms with van der Waals surface area (Å²) in [7, 11) is 0. The molecule has 29 heavy (non-hydrogen) atoms. The number of aromatic nitrogens is 2. The van der Waals surface area contributed by atoms with Crippen molar-refractivity contribution in [2.45, 2.75) is 18.3 Å². The molecule has 0 bridgehead atoms. The number of alkyl halides is 3. The second-order valence-corrected chi connectivity index (χ2v) is 7.94. The molecule has 1 atom stereocenters. The average molecular weight is 534 g/mol. The molecule has 10 heteroatoms. The molecule has 0 saturated carbocycles. The Labute approximate surface area is 182 Å². The Morgan fingerprint density at radius 1 is 1.17 bits per heavy atom. The fraction of sp³-hybridized carbons (Fsp3) is 0.158. The van der Waals surface area contributed by atoms with Crippen molar-refractivity contribution in [2.75, 3.05) is 4.90 Å². The topological polar surface area (TPSA) is 58.4 Å². The van der Waals surface area contributed by atoms with Crippen LogP contribution in [-0.2, 0) is 16.9 Å². The van der Waals surface area contributed by atoms with Crippen LogP contribution >= 0.6 is 34.5 Å². The Morgan fingerprint density at radius 3 is 2.52 bits per heavy atom. The maximum atomic E-state index is 13.6. The average Bonchev–Trinajstić information content (AvgIpc) is 3.19. The zero-order valence-corrected chi connectivity index (χ0v) is 17.4. The highest BCUT2D eigenvalue weighted by atomic mass is 127. The van der Waals surface area contributed by atoms with Crippen molar-refractivity contribution in [3.05, 3.63) is 71.0 Å². The second kappa shape index (κ2) is 6.99. The molecule has 0 radical (unpaired) electrons. The van der Waals surface area contributed by atoms with Crippen LogP contribution < -0.4 is 4.90 Å². The molecule has 3 aromatic rings. The molecule has 2 aromatic carbocycles. The molecule has 0 aliphatic carbocycles. The van der Waals surface area contributed by atoms with Crippen molar-refractivity contribution in [2.24, 2.45) is 0 Å². The zero-order chi connectivity index (χ0) is 21.0. The molecular formula is C19H12ClF3IN3O2. The van der Waals surface area contributed by atoms with Gasteiger partial charge in [-0.05, 0) is 23.3 Å². The molecule has 1 aliphatic rings. The lowest BCUT2D eigenvalue weighted by molar-refractivity contribution is -0.253. The van der Waals surface area contributed by atoms with Crippen LogP contribution in [-0.4, -0.2) is 25.2 Å². The van der Waals surface area contributed by atoms with E-state index in [1.807, 2.05) is 22.9 Å². The minimum Gasteiger partial charge on any atom is -0.368 e. The van der Waals surface area contributed by atoms with E-state index >= 15 is 0 Å². The van der Waals surface area contributed by atoms with Gasteiger partial charge < -0.3 is 10.0 Å². The number of nitrogens with zero attached hydrogens (tertiary/aromatic N) is 3. The van der Waals surface area contributed by atoms with Crippen molar-refractivity contribution < 1.29 is 23.1 Å². The summed E-state index contributed by atoms with van der Waals surface area (Å²) in [6.07, 6.45) is -1.71. The van der Waals surface area contributed by atoms with Crippen LogP contribution in [0.1, 0.15) is 11.1 Å². The van der Waals surface area contributed by atoms with Crippen molar-refractivity contribution >= 4 is 46.1 Å². The molecule has 0 spiro atoms. The predicted molar refractivity (Wildman–Crippen MR) is 110 cm³/mol. The summed E-state index contributed by atoms with van der Waals surface area (Å²) in [6, 6.07) is 10.4. The molecule has 4 rings (SSSR count). The number of para-hydroxylation sites is 1. The number of hydrogen-bond donors (Lipinski definition) is 1. The number of rotatable bonds is 3. The van der Waals surface area contributed by atoms with E-state index in [4.69, 9.17) is 11.6 Å². The number of anilines is 1. The molecular weight excluding hydrogens is 522 g/mol. The molecule has 1 unspecified atom stereocenters. The Kier molecular flexibility index (Phi) is 4.87. The van der Waals surface area contributed by atoms with Crippen LogP contribution in [0.3, 0.4) is 0 Å². The molecule has 150 valence electrons. The van der Waals surface area contributed by atoms with Crippen LogP contribution in [0.2, 0.25) is 5.02 Å². The smallest absolute Gasteiger partial charge is 0.368 e. The van der Waals surface area contributed by atoms with Gasteiger partial charge in [-0.3, -0.25) is 4.79 Å². The summed E-state index contributed by atoms with van der Waals surface area (Å²) in [5.74, 6) is -1.45. The molecule has 0 fully saturated rings. The van der Waals surface area contributed by atoms with Crippen LogP contribution in [0.25, 0.3) is 11.1 Å². The predicted octanol–water partition coefficient (Wildman–Crippen LogP) is 4.70. The van der Waals surface area contributed by atoms with E-state index in [9.17, 15) is 23.1 Å². The van der Waals surface area contributed by atoms with Gasteiger partial charge in [0, 0.05) is 22.3 Å². The third-order valence-electron chi connectivity index (χ3n) is 4.82. The quantitative estimate of drug-likeness (QED) is 0.497. The van der Waals surface area contributed by atoms with Crippen molar-refractivity contribution in [1.82, 2.24) is 7.99 Å². The fourth-order valence-electron chi connectivity index (χ4n) is 3.34. The Bertz CT molecular complexity index is 1120. The number of fused-ring (bicyclic) bond motifs is 1. The van der Waals surface area contributed by atoms with Gasteiger partial charge in [-0.2, -0.15) is 18.3 Å². The van der Waals surface area contributed by atoms with E-state index in [0.717, 1.165) is 22.1 Å². The van der Waals surface area contributed by atoms with Gasteiger partial charge in [0.1, 0.15) is 0 Å². The minimum absolute atomic E-state index is 0.00339. The van der Waals surface area contributed by atoms with Gasteiger partial charge in [-0.15, -0.1) is 0 Å². The van der Waals surface area contributed by atoms with E-state index in [-0.39, 0.29) is 17.3 Å². The normalized spacial score (nSPS) is 19.0. The van der Waals surface area contributed by atoms with E-state index < -0.39 is 23.2 Å². The standard InChI is InChI=1S/C19H12ClF3IN3O2/c20-15-7-11(13-8-25-27(24)10-13)5-6-12(15)9-26-16-4-2-1-3-14(16)18(29,17(26)28)19(21,22)23/h1-8,10,29H,9H2. The summed E-state index contributed by atoms with van der Waals surface area (Å²) in [6.45, 7) is -0.209. The maximum Gasteiger partial charge on any atom is 0.430 e. The summed E-state index contributed by atoms with van der Waals surface area (Å²) in [4.78, 5) is 13.5. The first kappa shape index (κ1) is 20.2. The number of hydrogen-bond acceptors (Lipinski definition) is 3. The number of aliphatic hydroxyl groups is 1. The van der Waals surface area contributed by atoms with E-state index in [1.165, 1.54) is 18.2 Å². The third-order valence-corrected chi connectivity index (χ3v) is 5.70. The zero-order valence-electron chi connectivity index (χ0n) is 14.5. The van der Waals surface area contributed by atoms with Gasteiger partial charge >= 0.3 is 6.18 Å². The summed E-state index contributed by atoms with van der Waals surface area (Å²) < 4.78 is 42.3. The SMILES string of the molecule is O=C1N(Cc2ccc(-c3cnn(I)c3)cc2Cl)c2ccccc2C1(O)C(F)(F)F. The number of carbonyl (C=O) groups is 1. The number of benzene rings is 2. The lowest BCUT2D eigenvalue weighted by Gasteiger charge is -2.25. The first-order valence-corrected chi connectivity index (χ1v) is 9.67. The molecule has 1 N–H and O–H groups in total. The minimum atomic E-state index is -5.15. The largest absolute Gasteiger partial charge is 0.430 e. The Hall–Kier alpha value is -2.11. The first-order valence-electron chi connectivity index (χ1n) is 8.33. The number of carbonyl (C=O) groups excluding carboxylic acids is 1. The Morgan fingerprint density at radius 2 is 1.90 bits per heavy atom. The van der Waals surface area contributed by atoms with E-state index in [2.05, 4.69) is 5.10 Å². The van der Waals surface area contributed by atoms with Gasteiger partial charge in [-0.25, -0.2) is 2.90 Å². The molecule has 2 heterocycles. The Balaban J connectivity index is 1.71. The number of amides is 1. The summed E-state index contributed by atoms with van der Waals surface area (Å²) >= 11 is 8.35. The third kappa shape index (κ3) is 3.21. The first-order chi connectivity index (χ1) is 13.6. The second-order valence-electron chi connectivity index (χ2n) is 6.54. The molecule has 0 saturated heterocycles. The molecule has 5 nitrogen and oxygen atoms in total. The lowest BCUT2D eigenvalue weighted by atomic mass is 9.95. The molecule has 1 amide bonds. The van der Waals surface area contributed by atoms with Crippen molar-refractivity contribution in [3.8, 4) is 11.1 Å². The van der Waals surface area contributed by atoms with E-state index in [1.54, 1.807) is 33.5 Å². The van der Waals surface area contributed by atoms with Crippen molar-refractivity contribution in [1.29, 1.82) is 0 Å². The van der Waals surface area contributed by atoms with Crippen molar-refractivity contribution in [3.63, 3.8) is 0 Å². The fourth-order valence-corrected chi connectivity index (χ4v) is 4.00. The highest BCUT2D eigenvalue weighted by molar-refractivity contribution is 14.1. The highest BCUT2D eigenvalue weighted by Crippen LogP contribution is 2.49. The van der Waals surface area contributed by atoms with Crippen LogP contribution in [0, 0.1) is 0 Å². The highest BCUT2D eigenvalue weighted by Gasteiger charge is 2.66. The van der Waals surface area contributed by atoms with Crippen LogP contribution in [0.4, 0.5) is 18.9 Å². The van der Waals surface area contributed by atoms with Gasteiger partial charge in [-0.1, -0.05) is 41.9 Å². The van der Waals surface area contributed by atoms with Crippen LogP contribution in [0.15, 0.2) is 54.9 Å².